The molecular weight excluding hydrogens is 432 g/mol. The maximum Gasteiger partial charge on any atom is 0.325 e. The number of hydrogen-bond donors (Lipinski definition) is 3. The lowest BCUT2D eigenvalue weighted by Gasteiger charge is -2.46. The quantitative estimate of drug-likeness (QED) is 0.399. The van der Waals surface area contributed by atoms with Gasteiger partial charge in [-0.3, -0.25) is 16.3 Å². The largest absolute Gasteiger partial charge is 0.465 e. The Morgan fingerprint density at radius 2 is 1.91 bits per heavy atom. The van der Waals surface area contributed by atoms with Crippen molar-refractivity contribution in [2.75, 3.05) is 37.7 Å². The number of esters is 1. The van der Waals surface area contributed by atoms with Crippen molar-refractivity contribution in [2.24, 2.45) is 11.5 Å². The van der Waals surface area contributed by atoms with Crippen molar-refractivity contribution >= 4 is 11.7 Å². The lowest BCUT2D eigenvalue weighted by molar-refractivity contribution is -0.142. The van der Waals surface area contributed by atoms with Crippen molar-refractivity contribution in [3.63, 3.8) is 0 Å². The number of piperidine rings is 1. The molecule has 2 atom stereocenters. The second-order valence-corrected chi connectivity index (χ2v) is 9.14. The molecule has 4 rings (SSSR count). The smallest absolute Gasteiger partial charge is 0.325 e. The van der Waals surface area contributed by atoms with E-state index in [1.807, 2.05) is 48.5 Å². The van der Waals surface area contributed by atoms with Crippen LogP contribution < -0.4 is 21.1 Å². The molecule has 0 radical (unpaired) electrons. The predicted molar refractivity (Wildman–Crippen MR) is 131 cm³/mol. The number of fused-ring (bicyclic) bond motifs is 1. The number of para-hydroxylation sites is 1. The third kappa shape index (κ3) is 5.52. The molecule has 0 saturated carbocycles. The summed E-state index contributed by atoms with van der Waals surface area (Å²) in [6.45, 7) is 5.23. The average molecular weight is 469 g/mol. The summed E-state index contributed by atoms with van der Waals surface area (Å²) in [6.07, 6.45) is 3.41. The maximum atomic E-state index is 12.5. The van der Waals surface area contributed by atoms with Gasteiger partial charge in [0, 0.05) is 17.8 Å². The monoisotopic (exact) mass is 468 g/mol. The van der Waals surface area contributed by atoms with Crippen LogP contribution in [0, 0.1) is 0 Å². The number of aliphatic hydroxyl groups excluding tert-OH is 1. The van der Waals surface area contributed by atoms with E-state index >= 15 is 0 Å². The van der Waals surface area contributed by atoms with Gasteiger partial charge in [0.05, 0.1) is 12.6 Å². The van der Waals surface area contributed by atoms with Crippen LogP contribution in [0.4, 0.5) is 5.69 Å². The highest BCUT2D eigenvalue weighted by Gasteiger charge is 2.47. The lowest BCUT2D eigenvalue weighted by atomic mass is 9.90. The van der Waals surface area contributed by atoms with Gasteiger partial charge in [0.25, 0.3) is 0 Å². The van der Waals surface area contributed by atoms with Gasteiger partial charge < -0.3 is 24.4 Å². The van der Waals surface area contributed by atoms with Crippen molar-refractivity contribution in [1.82, 2.24) is 4.90 Å². The standard InChI is InChI=1S/C26H36N4O4/c1-2-33-23(31)18-30(20-9-5-3-6-10-20)24-21-17-19(13-16-29-14-7-4-8-15-29)11-12-22(21)34-26(27,28)25(24)32/h3,5-6,9-12,17,24-25,32H,2,4,7-8,13-16,18,27-28H2,1H3/t24-,25+/m0/s1. The summed E-state index contributed by atoms with van der Waals surface area (Å²) in [5.41, 5.74) is 15.0. The van der Waals surface area contributed by atoms with E-state index in [1.54, 1.807) is 11.8 Å². The van der Waals surface area contributed by atoms with Gasteiger partial charge in [0.2, 0.25) is 5.85 Å². The van der Waals surface area contributed by atoms with Crippen LogP contribution >= 0.6 is 0 Å². The fourth-order valence-corrected chi connectivity index (χ4v) is 4.87. The number of nitrogens with zero attached hydrogens (tertiary/aromatic N) is 2. The summed E-state index contributed by atoms with van der Waals surface area (Å²) in [5.74, 6) is -1.70. The molecule has 8 nitrogen and oxygen atoms in total. The average Bonchev–Trinajstić information content (AvgIpc) is 2.84. The Hall–Kier alpha value is -2.65. The number of rotatable bonds is 8. The van der Waals surface area contributed by atoms with E-state index in [0.29, 0.717) is 5.75 Å². The number of hydrogen-bond acceptors (Lipinski definition) is 8. The molecule has 2 aromatic rings. The Morgan fingerprint density at radius 1 is 1.18 bits per heavy atom. The van der Waals surface area contributed by atoms with Gasteiger partial charge in [-0.2, -0.15) is 0 Å². The molecule has 2 aliphatic rings. The summed E-state index contributed by atoms with van der Waals surface area (Å²) in [6, 6.07) is 14.7. The van der Waals surface area contributed by atoms with Crippen LogP contribution in [-0.2, 0) is 16.0 Å². The van der Waals surface area contributed by atoms with Gasteiger partial charge in [0.1, 0.15) is 18.4 Å². The molecule has 0 amide bonds. The SMILES string of the molecule is CCOC(=O)CN(c1ccccc1)[C@H]1c2cc(CCN3CCCCC3)ccc2OC(N)(N)[C@@H]1O. The molecule has 34 heavy (non-hydrogen) atoms. The van der Waals surface area contributed by atoms with Crippen LogP contribution in [-0.4, -0.2) is 60.7 Å². The highest BCUT2D eigenvalue weighted by atomic mass is 16.5. The molecule has 0 aliphatic carbocycles. The Morgan fingerprint density at radius 3 is 2.62 bits per heavy atom. The highest BCUT2D eigenvalue weighted by Crippen LogP contribution is 2.42. The minimum absolute atomic E-state index is 0.0624. The van der Waals surface area contributed by atoms with Gasteiger partial charge in [0.15, 0.2) is 0 Å². The van der Waals surface area contributed by atoms with E-state index in [2.05, 4.69) is 4.90 Å². The second kappa shape index (κ2) is 10.7. The van der Waals surface area contributed by atoms with Crippen LogP contribution in [0.1, 0.15) is 43.4 Å². The fourth-order valence-electron chi connectivity index (χ4n) is 4.87. The number of ether oxygens (including phenoxy) is 2. The molecule has 1 fully saturated rings. The van der Waals surface area contributed by atoms with E-state index in [1.165, 1.54) is 19.3 Å². The summed E-state index contributed by atoms with van der Waals surface area (Å²) >= 11 is 0. The molecule has 5 N–H and O–H groups in total. The minimum atomic E-state index is -1.81. The number of aliphatic hydroxyl groups is 1. The zero-order valence-corrected chi connectivity index (χ0v) is 19.9. The van der Waals surface area contributed by atoms with E-state index in [0.717, 1.165) is 42.9 Å². The van der Waals surface area contributed by atoms with E-state index < -0.39 is 24.0 Å². The first kappa shape index (κ1) is 24.5. The van der Waals surface area contributed by atoms with E-state index in [-0.39, 0.29) is 13.2 Å². The van der Waals surface area contributed by atoms with Crippen LogP contribution in [0.2, 0.25) is 0 Å². The highest BCUT2D eigenvalue weighted by molar-refractivity contribution is 5.76. The number of nitrogens with two attached hydrogens (primary N) is 2. The molecule has 1 saturated heterocycles. The van der Waals surface area contributed by atoms with Gasteiger partial charge in [-0.1, -0.05) is 30.7 Å². The molecule has 8 heteroatoms. The molecule has 2 heterocycles. The number of anilines is 1. The number of carbonyl (C=O) groups excluding carboxylic acids is 1. The first-order valence-electron chi connectivity index (χ1n) is 12.2. The van der Waals surface area contributed by atoms with Gasteiger partial charge in [-0.25, -0.2) is 0 Å². The molecule has 0 bridgehead atoms. The first-order valence-corrected chi connectivity index (χ1v) is 12.2. The van der Waals surface area contributed by atoms with Crippen molar-refractivity contribution in [3.8, 4) is 5.75 Å². The summed E-state index contributed by atoms with van der Waals surface area (Å²) in [4.78, 5) is 16.8. The number of carbonyl (C=O) groups is 1. The fraction of sp³-hybridized carbons (Fsp3) is 0.500. The number of likely N-dealkylation sites (tertiary alicyclic amines) is 1. The molecule has 0 unspecified atom stereocenters. The number of benzene rings is 2. The normalized spacial score (nSPS) is 21.9. The maximum absolute atomic E-state index is 12.5. The summed E-state index contributed by atoms with van der Waals surface area (Å²) in [5, 5.41) is 11.3. The van der Waals surface area contributed by atoms with Crippen LogP contribution in [0.25, 0.3) is 0 Å². The van der Waals surface area contributed by atoms with Crippen molar-refractivity contribution < 1.29 is 19.4 Å². The van der Waals surface area contributed by atoms with Crippen molar-refractivity contribution in [3.05, 3.63) is 59.7 Å². The van der Waals surface area contributed by atoms with Crippen LogP contribution in [0.3, 0.4) is 0 Å². The summed E-state index contributed by atoms with van der Waals surface area (Å²) in [7, 11) is 0. The molecule has 2 aliphatic heterocycles. The third-order valence-corrected chi connectivity index (χ3v) is 6.63. The molecular formula is C26H36N4O4. The molecule has 2 aromatic carbocycles. The second-order valence-electron chi connectivity index (χ2n) is 9.14. The van der Waals surface area contributed by atoms with Crippen LogP contribution in [0.5, 0.6) is 5.75 Å². The predicted octanol–water partition coefficient (Wildman–Crippen LogP) is 2.15. The lowest BCUT2D eigenvalue weighted by Crippen LogP contribution is -2.68. The van der Waals surface area contributed by atoms with E-state index in [9.17, 15) is 9.90 Å². The summed E-state index contributed by atoms with van der Waals surface area (Å²) < 4.78 is 11.0. The van der Waals surface area contributed by atoms with Crippen LogP contribution in [0.15, 0.2) is 48.5 Å². The molecule has 0 spiro atoms. The van der Waals surface area contributed by atoms with Gasteiger partial charge in [-0.15, -0.1) is 0 Å². The van der Waals surface area contributed by atoms with Crippen molar-refractivity contribution in [1.29, 1.82) is 0 Å². The zero-order valence-electron chi connectivity index (χ0n) is 19.9. The Balaban J connectivity index is 1.68. The topological polar surface area (TPSA) is 114 Å². The van der Waals surface area contributed by atoms with E-state index in [4.69, 9.17) is 20.9 Å². The zero-order chi connectivity index (χ0) is 24.1. The van der Waals surface area contributed by atoms with Gasteiger partial charge >= 0.3 is 5.97 Å². The third-order valence-electron chi connectivity index (χ3n) is 6.63. The van der Waals surface area contributed by atoms with Gasteiger partial charge in [-0.05, 0) is 69.1 Å². The Kier molecular flexibility index (Phi) is 7.73. The Bertz CT molecular complexity index is 963. The molecule has 184 valence electrons. The van der Waals surface area contributed by atoms with Crippen molar-refractivity contribution in [2.45, 2.75) is 50.6 Å². The Labute approximate surface area is 201 Å². The molecule has 0 aromatic heterocycles. The first-order chi connectivity index (χ1) is 16.4. The minimum Gasteiger partial charge on any atom is -0.465 e.